The normalized spacial score (nSPS) is 15.7. The molecule has 0 saturated carbocycles. The van der Waals surface area contributed by atoms with E-state index < -0.39 is 0 Å². The molecule has 1 heterocycles. The molecule has 5 heteroatoms. The first-order valence-corrected chi connectivity index (χ1v) is 6.82. The van der Waals surface area contributed by atoms with Crippen LogP contribution in [0.25, 0.3) is 0 Å². The number of nitrogens with one attached hydrogen (secondary N) is 1. The van der Waals surface area contributed by atoms with Crippen LogP contribution < -0.4 is 14.8 Å². The highest BCUT2D eigenvalue weighted by Crippen LogP contribution is 2.30. The van der Waals surface area contributed by atoms with Crippen LogP contribution in [0.15, 0.2) is 18.2 Å². The highest BCUT2D eigenvalue weighted by atomic mass is 16.5. The highest BCUT2D eigenvalue weighted by molar-refractivity contribution is 5.91. The topological polar surface area (TPSA) is 56.8 Å². The van der Waals surface area contributed by atoms with Crippen LogP contribution in [0, 0.1) is 5.92 Å². The third-order valence-electron chi connectivity index (χ3n) is 3.48. The zero-order valence-corrected chi connectivity index (χ0v) is 12.0. The Hall–Kier alpha value is -1.75. The van der Waals surface area contributed by atoms with E-state index in [1.165, 1.54) is 0 Å². The van der Waals surface area contributed by atoms with Gasteiger partial charge in [0.25, 0.3) is 0 Å². The van der Waals surface area contributed by atoms with Gasteiger partial charge in [-0.1, -0.05) is 0 Å². The molecule has 1 saturated heterocycles. The second-order valence-corrected chi connectivity index (χ2v) is 4.88. The van der Waals surface area contributed by atoms with Crippen LogP contribution in [-0.2, 0) is 9.53 Å². The van der Waals surface area contributed by atoms with Crippen molar-refractivity contribution in [2.45, 2.75) is 19.3 Å². The fraction of sp³-hybridized carbons (Fsp3) is 0.533. The second kappa shape index (κ2) is 7.14. The minimum absolute atomic E-state index is 0.0316. The number of anilines is 1. The Balaban J connectivity index is 1.93. The smallest absolute Gasteiger partial charge is 0.224 e. The highest BCUT2D eigenvalue weighted by Gasteiger charge is 2.17. The molecule has 0 radical (unpaired) electrons. The SMILES string of the molecule is COc1ccc(NC(=O)CC2CCOCC2)cc1OC. The third kappa shape index (κ3) is 3.87. The van der Waals surface area contributed by atoms with Gasteiger partial charge in [0.15, 0.2) is 11.5 Å². The zero-order chi connectivity index (χ0) is 14.4. The molecule has 1 fully saturated rings. The molecule has 20 heavy (non-hydrogen) atoms. The van der Waals surface area contributed by atoms with Crippen molar-refractivity contribution < 1.29 is 19.0 Å². The summed E-state index contributed by atoms with van der Waals surface area (Å²) in [5.74, 6) is 1.71. The number of amides is 1. The molecule has 1 aliphatic rings. The summed E-state index contributed by atoms with van der Waals surface area (Å²) in [6.45, 7) is 1.52. The molecule has 2 rings (SSSR count). The molecule has 0 atom stereocenters. The van der Waals surface area contributed by atoms with Gasteiger partial charge in [-0.2, -0.15) is 0 Å². The lowest BCUT2D eigenvalue weighted by Crippen LogP contribution is -2.22. The van der Waals surface area contributed by atoms with Crippen molar-refractivity contribution in [3.8, 4) is 11.5 Å². The Morgan fingerprint density at radius 1 is 1.25 bits per heavy atom. The Morgan fingerprint density at radius 2 is 1.95 bits per heavy atom. The number of hydrogen-bond donors (Lipinski definition) is 1. The lowest BCUT2D eigenvalue weighted by Gasteiger charge is -2.21. The van der Waals surface area contributed by atoms with Crippen LogP contribution in [0.1, 0.15) is 19.3 Å². The lowest BCUT2D eigenvalue weighted by molar-refractivity contribution is -0.117. The van der Waals surface area contributed by atoms with Gasteiger partial charge in [-0.05, 0) is 30.9 Å². The van der Waals surface area contributed by atoms with E-state index in [0.29, 0.717) is 23.8 Å². The molecular weight excluding hydrogens is 258 g/mol. The summed E-state index contributed by atoms with van der Waals surface area (Å²) >= 11 is 0. The first kappa shape index (κ1) is 14.7. The Labute approximate surface area is 119 Å². The maximum Gasteiger partial charge on any atom is 0.224 e. The maximum atomic E-state index is 12.0. The van der Waals surface area contributed by atoms with Gasteiger partial charge in [0.05, 0.1) is 14.2 Å². The fourth-order valence-corrected chi connectivity index (χ4v) is 2.34. The summed E-state index contributed by atoms with van der Waals surface area (Å²) in [5.41, 5.74) is 0.722. The minimum atomic E-state index is 0.0316. The van der Waals surface area contributed by atoms with Crippen molar-refractivity contribution in [2.24, 2.45) is 5.92 Å². The van der Waals surface area contributed by atoms with Crippen LogP contribution >= 0.6 is 0 Å². The molecule has 1 aromatic carbocycles. The summed E-state index contributed by atoms with van der Waals surface area (Å²) in [5, 5.41) is 2.90. The molecule has 1 aliphatic heterocycles. The third-order valence-corrected chi connectivity index (χ3v) is 3.48. The van der Waals surface area contributed by atoms with E-state index in [0.717, 1.165) is 31.7 Å². The van der Waals surface area contributed by atoms with Crippen molar-refractivity contribution in [1.82, 2.24) is 0 Å². The van der Waals surface area contributed by atoms with Crippen molar-refractivity contribution in [3.05, 3.63) is 18.2 Å². The first-order chi connectivity index (χ1) is 9.72. The van der Waals surface area contributed by atoms with Gasteiger partial charge in [0.2, 0.25) is 5.91 Å². The van der Waals surface area contributed by atoms with Gasteiger partial charge < -0.3 is 19.5 Å². The van der Waals surface area contributed by atoms with Crippen molar-refractivity contribution in [2.75, 3.05) is 32.8 Å². The predicted molar refractivity (Wildman–Crippen MR) is 76.3 cm³/mol. The van der Waals surface area contributed by atoms with Gasteiger partial charge in [-0.15, -0.1) is 0 Å². The number of methoxy groups -OCH3 is 2. The first-order valence-electron chi connectivity index (χ1n) is 6.82. The summed E-state index contributed by atoms with van der Waals surface area (Å²) in [6, 6.07) is 5.35. The van der Waals surface area contributed by atoms with Crippen LogP contribution in [0.5, 0.6) is 11.5 Å². The van der Waals surface area contributed by atoms with Gasteiger partial charge in [0.1, 0.15) is 0 Å². The summed E-state index contributed by atoms with van der Waals surface area (Å²) < 4.78 is 15.7. The summed E-state index contributed by atoms with van der Waals surface area (Å²) in [4.78, 5) is 12.0. The second-order valence-electron chi connectivity index (χ2n) is 4.88. The quantitative estimate of drug-likeness (QED) is 0.899. The molecular formula is C15H21NO4. The van der Waals surface area contributed by atoms with E-state index in [9.17, 15) is 4.79 Å². The van der Waals surface area contributed by atoms with E-state index in [1.54, 1.807) is 26.4 Å². The van der Waals surface area contributed by atoms with Gasteiger partial charge in [-0.25, -0.2) is 0 Å². The van der Waals surface area contributed by atoms with Crippen LogP contribution in [0.2, 0.25) is 0 Å². The molecule has 1 amide bonds. The summed E-state index contributed by atoms with van der Waals surface area (Å²) in [6.07, 6.45) is 2.45. The lowest BCUT2D eigenvalue weighted by atomic mass is 9.96. The molecule has 1 aromatic rings. The van der Waals surface area contributed by atoms with Crippen molar-refractivity contribution in [3.63, 3.8) is 0 Å². The Morgan fingerprint density at radius 3 is 2.60 bits per heavy atom. The molecule has 0 bridgehead atoms. The predicted octanol–water partition coefficient (Wildman–Crippen LogP) is 2.46. The maximum absolute atomic E-state index is 12.0. The van der Waals surface area contributed by atoms with Crippen LogP contribution in [-0.4, -0.2) is 33.3 Å². The van der Waals surface area contributed by atoms with E-state index >= 15 is 0 Å². The zero-order valence-electron chi connectivity index (χ0n) is 12.0. The van der Waals surface area contributed by atoms with Crippen LogP contribution in [0.3, 0.4) is 0 Å². The molecule has 0 unspecified atom stereocenters. The van der Waals surface area contributed by atoms with E-state index in [-0.39, 0.29) is 5.91 Å². The molecule has 5 nitrogen and oxygen atoms in total. The number of ether oxygens (including phenoxy) is 3. The van der Waals surface area contributed by atoms with Crippen molar-refractivity contribution >= 4 is 11.6 Å². The largest absolute Gasteiger partial charge is 0.493 e. The average Bonchev–Trinajstić information content (AvgIpc) is 2.48. The fourth-order valence-electron chi connectivity index (χ4n) is 2.34. The van der Waals surface area contributed by atoms with Crippen molar-refractivity contribution in [1.29, 1.82) is 0 Å². The van der Waals surface area contributed by atoms with Crippen LogP contribution in [0.4, 0.5) is 5.69 Å². The van der Waals surface area contributed by atoms with Gasteiger partial charge >= 0.3 is 0 Å². The monoisotopic (exact) mass is 279 g/mol. The number of rotatable bonds is 5. The molecule has 110 valence electrons. The average molecular weight is 279 g/mol. The molecule has 0 aliphatic carbocycles. The van der Waals surface area contributed by atoms with Gasteiger partial charge in [-0.3, -0.25) is 4.79 Å². The van der Waals surface area contributed by atoms with E-state index in [1.807, 2.05) is 6.07 Å². The molecule has 0 aromatic heterocycles. The molecule has 1 N–H and O–H groups in total. The minimum Gasteiger partial charge on any atom is -0.493 e. The van der Waals surface area contributed by atoms with E-state index in [4.69, 9.17) is 14.2 Å². The number of carbonyl (C=O) groups excluding carboxylic acids is 1. The number of hydrogen-bond acceptors (Lipinski definition) is 4. The standard InChI is InChI=1S/C15H21NO4/c1-18-13-4-3-12(10-14(13)19-2)16-15(17)9-11-5-7-20-8-6-11/h3-4,10-11H,5-9H2,1-2H3,(H,16,17). The summed E-state index contributed by atoms with van der Waals surface area (Å²) in [7, 11) is 3.16. The number of carbonyl (C=O) groups is 1. The Kier molecular flexibility index (Phi) is 5.24. The number of benzene rings is 1. The van der Waals surface area contributed by atoms with Gasteiger partial charge in [0, 0.05) is 31.4 Å². The Bertz CT molecular complexity index is 455. The molecule has 0 spiro atoms. The van der Waals surface area contributed by atoms with E-state index in [2.05, 4.69) is 5.32 Å².